The molecule has 0 aliphatic rings. The van der Waals surface area contributed by atoms with Gasteiger partial charge in [-0.2, -0.15) is 0 Å². The first-order valence-corrected chi connectivity index (χ1v) is 7.84. The van der Waals surface area contributed by atoms with Crippen molar-refractivity contribution >= 4 is 11.9 Å². The van der Waals surface area contributed by atoms with E-state index in [2.05, 4.69) is 11.9 Å². The summed E-state index contributed by atoms with van der Waals surface area (Å²) in [5.74, 6) is -0.358. The zero-order valence-electron chi connectivity index (χ0n) is 14.4. The molecule has 0 aromatic heterocycles. The largest absolute Gasteiger partial charge is 0.497 e. The first kappa shape index (κ1) is 19.5. The van der Waals surface area contributed by atoms with Crippen LogP contribution in [-0.2, 0) is 4.79 Å². The van der Waals surface area contributed by atoms with Gasteiger partial charge in [-0.1, -0.05) is 19.9 Å². The number of carboxylic acid groups (broad SMARTS) is 1. The monoisotopic (exact) mass is 335 g/mol. The average Bonchev–Trinajstić information content (AvgIpc) is 2.55. The van der Waals surface area contributed by atoms with E-state index in [1.807, 2.05) is 13.8 Å². The molecule has 1 aromatic carbocycles. The predicted octanol–water partition coefficient (Wildman–Crippen LogP) is 2.88. The van der Waals surface area contributed by atoms with Crippen molar-refractivity contribution < 1.29 is 24.2 Å². The number of carbonyl (C=O) groups is 2. The molecule has 0 fully saturated rings. The quantitative estimate of drug-likeness (QED) is 0.642. The van der Waals surface area contributed by atoms with Crippen molar-refractivity contribution in [2.45, 2.75) is 32.7 Å². The summed E-state index contributed by atoms with van der Waals surface area (Å²) in [6, 6.07) is 3.85. The van der Waals surface area contributed by atoms with Crippen LogP contribution in [0.2, 0.25) is 0 Å². The van der Waals surface area contributed by atoms with Crippen molar-refractivity contribution in [1.29, 1.82) is 0 Å². The van der Waals surface area contributed by atoms with Gasteiger partial charge in [-0.3, -0.25) is 4.79 Å². The molecule has 0 aliphatic heterocycles. The lowest BCUT2D eigenvalue weighted by molar-refractivity contribution is -0.139. The Bertz CT molecular complexity index is 583. The molecule has 1 amide bonds. The highest BCUT2D eigenvalue weighted by molar-refractivity contribution is 5.99. The molecule has 1 unspecified atom stereocenters. The van der Waals surface area contributed by atoms with E-state index in [9.17, 15) is 14.7 Å². The van der Waals surface area contributed by atoms with Gasteiger partial charge >= 0.3 is 5.97 Å². The third kappa shape index (κ3) is 5.95. The van der Waals surface area contributed by atoms with Crippen LogP contribution in [0.25, 0.3) is 0 Å². The number of rotatable bonds is 10. The van der Waals surface area contributed by atoms with E-state index in [-0.39, 0.29) is 17.9 Å². The summed E-state index contributed by atoms with van der Waals surface area (Å²) >= 11 is 0. The van der Waals surface area contributed by atoms with E-state index >= 15 is 0 Å². The molecule has 1 atom stereocenters. The highest BCUT2D eigenvalue weighted by Crippen LogP contribution is 2.25. The SMILES string of the molecule is C=CCCC(NC(=O)c1ccc(OC)cc1OCC(C)C)C(=O)O. The Labute approximate surface area is 142 Å². The lowest BCUT2D eigenvalue weighted by atomic mass is 10.1. The van der Waals surface area contributed by atoms with E-state index in [4.69, 9.17) is 9.47 Å². The summed E-state index contributed by atoms with van der Waals surface area (Å²) in [4.78, 5) is 23.7. The molecule has 0 bridgehead atoms. The standard InChI is InChI=1S/C18H25NO5/c1-5-6-7-15(18(21)22)19-17(20)14-9-8-13(23-4)10-16(14)24-11-12(2)3/h5,8-10,12,15H,1,6-7,11H2,2-4H3,(H,19,20)(H,21,22). The number of methoxy groups -OCH3 is 1. The molecule has 0 radical (unpaired) electrons. The van der Waals surface area contributed by atoms with Gasteiger partial charge in [-0.05, 0) is 30.9 Å². The molecule has 6 nitrogen and oxygen atoms in total. The topological polar surface area (TPSA) is 84.9 Å². The lowest BCUT2D eigenvalue weighted by Crippen LogP contribution is -2.40. The fourth-order valence-electron chi connectivity index (χ4n) is 1.97. The molecule has 0 aliphatic carbocycles. The fraction of sp³-hybridized carbons (Fsp3) is 0.444. The minimum absolute atomic E-state index is 0.279. The summed E-state index contributed by atoms with van der Waals surface area (Å²) in [5.41, 5.74) is 0.279. The first-order chi connectivity index (χ1) is 11.4. The Morgan fingerprint density at radius 1 is 1.38 bits per heavy atom. The minimum Gasteiger partial charge on any atom is -0.497 e. The lowest BCUT2D eigenvalue weighted by Gasteiger charge is -2.17. The number of aliphatic carboxylic acids is 1. The molecule has 1 aromatic rings. The van der Waals surface area contributed by atoms with Gasteiger partial charge in [0, 0.05) is 6.07 Å². The summed E-state index contributed by atoms with van der Waals surface area (Å²) in [7, 11) is 1.52. The second-order valence-corrected chi connectivity index (χ2v) is 5.80. The van der Waals surface area contributed by atoms with Gasteiger partial charge in [-0.25, -0.2) is 4.79 Å². The van der Waals surface area contributed by atoms with Crippen LogP contribution in [0.1, 0.15) is 37.0 Å². The van der Waals surface area contributed by atoms with Crippen LogP contribution in [-0.4, -0.2) is 36.7 Å². The summed E-state index contributed by atoms with van der Waals surface area (Å²) in [5, 5.41) is 11.7. The average molecular weight is 335 g/mol. The maximum Gasteiger partial charge on any atom is 0.326 e. The van der Waals surface area contributed by atoms with Gasteiger partial charge in [0.1, 0.15) is 17.5 Å². The molecule has 6 heteroatoms. The van der Waals surface area contributed by atoms with Crippen LogP contribution in [0.3, 0.4) is 0 Å². The van der Waals surface area contributed by atoms with Gasteiger partial charge in [0.05, 0.1) is 19.3 Å². The molecule has 132 valence electrons. The van der Waals surface area contributed by atoms with Crippen LogP contribution in [0.4, 0.5) is 0 Å². The highest BCUT2D eigenvalue weighted by atomic mass is 16.5. The van der Waals surface area contributed by atoms with Gasteiger partial charge in [0.15, 0.2) is 0 Å². The first-order valence-electron chi connectivity index (χ1n) is 7.84. The number of hydrogen-bond acceptors (Lipinski definition) is 4. The molecule has 2 N–H and O–H groups in total. The maximum absolute atomic E-state index is 12.5. The second kappa shape index (κ2) is 9.60. The summed E-state index contributed by atoms with van der Waals surface area (Å²) < 4.78 is 10.8. The van der Waals surface area contributed by atoms with E-state index < -0.39 is 17.9 Å². The van der Waals surface area contributed by atoms with Gasteiger partial charge in [0.25, 0.3) is 5.91 Å². The van der Waals surface area contributed by atoms with Crippen LogP contribution >= 0.6 is 0 Å². The van der Waals surface area contributed by atoms with Crippen LogP contribution in [0.5, 0.6) is 11.5 Å². The Hall–Kier alpha value is -2.50. The highest BCUT2D eigenvalue weighted by Gasteiger charge is 2.22. The van der Waals surface area contributed by atoms with E-state index in [1.165, 1.54) is 7.11 Å². The molecular weight excluding hydrogens is 310 g/mol. The van der Waals surface area contributed by atoms with Crippen LogP contribution < -0.4 is 14.8 Å². The van der Waals surface area contributed by atoms with E-state index in [1.54, 1.807) is 24.3 Å². The molecule has 0 spiro atoms. The zero-order valence-corrected chi connectivity index (χ0v) is 14.4. The molecule has 0 saturated carbocycles. The number of carbonyl (C=O) groups excluding carboxylic acids is 1. The normalized spacial score (nSPS) is 11.7. The van der Waals surface area contributed by atoms with Crippen molar-refractivity contribution in [2.75, 3.05) is 13.7 Å². The van der Waals surface area contributed by atoms with Crippen molar-refractivity contribution in [1.82, 2.24) is 5.32 Å². The van der Waals surface area contributed by atoms with Gasteiger partial charge in [0.2, 0.25) is 0 Å². The van der Waals surface area contributed by atoms with Crippen LogP contribution in [0, 0.1) is 5.92 Å². The fourth-order valence-corrected chi connectivity index (χ4v) is 1.97. The predicted molar refractivity (Wildman–Crippen MR) is 91.6 cm³/mol. The van der Waals surface area contributed by atoms with Crippen molar-refractivity contribution in [2.24, 2.45) is 5.92 Å². The van der Waals surface area contributed by atoms with Crippen LogP contribution in [0.15, 0.2) is 30.9 Å². The zero-order chi connectivity index (χ0) is 18.1. The number of nitrogens with one attached hydrogen (secondary N) is 1. The van der Waals surface area contributed by atoms with Crippen molar-refractivity contribution in [3.8, 4) is 11.5 Å². The molecule has 1 rings (SSSR count). The molecule has 24 heavy (non-hydrogen) atoms. The van der Waals surface area contributed by atoms with Gasteiger partial charge in [-0.15, -0.1) is 6.58 Å². The Kier molecular flexibility index (Phi) is 7.82. The Balaban J connectivity index is 2.98. The second-order valence-electron chi connectivity index (χ2n) is 5.80. The maximum atomic E-state index is 12.5. The van der Waals surface area contributed by atoms with Crippen molar-refractivity contribution in [3.63, 3.8) is 0 Å². The van der Waals surface area contributed by atoms with E-state index in [0.29, 0.717) is 24.5 Å². The molecule has 0 saturated heterocycles. The number of carboxylic acids is 1. The summed E-state index contributed by atoms with van der Waals surface area (Å²) in [6.07, 6.45) is 2.39. The van der Waals surface area contributed by atoms with E-state index in [0.717, 1.165) is 0 Å². The number of amides is 1. The number of hydrogen-bond donors (Lipinski definition) is 2. The van der Waals surface area contributed by atoms with Crippen molar-refractivity contribution in [3.05, 3.63) is 36.4 Å². The smallest absolute Gasteiger partial charge is 0.326 e. The third-order valence-corrected chi connectivity index (χ3v) is 3.27. The summed E-state index contributed by atoms with van der Waals surface area (Å²) in [6.45, 7) is 7.99. The molecule has 0 heterocycles. The Morgan fingerprint density at radius 3 is 2.62 bits per heavy atom. The third-order valence-electron chi connectivity index (χ3n) is 3.27. The number of benzene rings is 1. The number of ether oxygens (including phenoxy) is 2. The number of allylic oxidation sites excluding steroid dienone is 1. The minimum atomic E-state index is -1.08. The Morgan fingerprint density at radius 2 is 2.08 bits per heavy atom. The van der Waals surface area contributed by atoms with Gasteiger partial charge < -0.3 is 19.9 Å². The molecular formula is C18H25NO5.